The molecular formula is C15H22ClNO2. The Morgan fingerprint density at radius 3 is 2.58 bits per heavy atom. The van der Waals surface area contributed by atoms with Crippen LogP contribution in [0.25, 0.3) is 0 Å². The van der Waals surface area contributed by atoms with Crippen molar-refractivity contribution in [3.8, 4) is 0 Å². The van der Waals surface area contributed by atoms with Gasteiger partial charge in [-0.1, -0.05) is 38.3 Å². The largest absolute Gasteiger partial charge is 0.478 e. The number of benzene rings is 1. The topological polar surface area (TPSA) is 49.3 Å². The van der Waals surface area contributed by atoms with Crippen LogP contribution in [0.5, 0.6) is 0 Å². The second-order valence-electron chi connectivity index (χ2n) is 5.37. The Morgan fingerprint density at radius 1 is 1.32 bits per heavy atom. The Morgan fingerprint density at radius 2 is 2.00 bits per heavy atom. The molecule has 3 nitrogen and oxygen atoms in total. The lowest BCUT2D eigenvalue weighted by Crippen LogP contribution is -2.17. The maximum absolute atomic E-state index is 11.2. The van der Waals surface area contributed by atoms with E-state index in [0.29, 0.717) is 16.6 Å². The van der Waals surface area contributed by atoms with E-state index >= 15 is 0 Å². The smallest absolute Gasteiger partial charge is 0.337 e. The lowest BCUT2D eigenvalue weighted by molar-refractivity contribution is 0.0698. The minimum Gasteiger partial charge on any atom is -0.478 e. The summed E-state index contributed by atoms with van der Waals surface area (Å²) in [6, 6.07) is 5.16. The summed E-state index contributed by atoms with van der Waals surface area (Å²) >= 11 is 5.82. The molecule has 0 saturated heterocycles. The summed E-state index contributed by atoms with van der Waals surface area (Å²) in [6.07, 6.45) is 3.36. The van der Waals surface area contributed by atoms with E-state index < -0.39 is 5.97 Å². The van der Waals surface area contributed by atoms with Gasteiger partial charge in [0.25, 0.3) is 0 Å². The summed E-state index contributed by atoms with van der Waals surface area (Å²) in [7, 11) is 0. The molecule has 0 spiro atoms. The molecule has 1 unspecified atom stereocenters. The second-order valence-corrected chi connectivity index (χ2v) is 5.80. The highest BCUT2D eigenvalue weighted by molar-refractivity contribution is 6.31. The number of rotatable bonds is 7. The van der Waals surface area contributed by atoms with Crippen LogP contribution in [0.1, 0.15) is 50.4 Å². The van der Waals surface area contributed by atoms with Crippen molar-refractivity contribution in [2.24, 2.45) is 5.92 Å². The van der Waals surface area contributed by atoms with Gasteiger partial charge < -0.3 is 10.4 Å². The fourth-order valence-corrected chi connectivity index (χ4v) is 2.16. The van der Waals surface area contributed by atoms with E-state index in [1.165, 1.54) is 12.5 Å². The van der Waals surface area contributed by atoms with Crippen molar-refractivity contribution in [3.05, 3.63) is 28.8 Å². The highest BCUT2D eigenvalue weighted by atomic mass is 35.5. The molecule has 2 N–H and O–H groups in total. The Labute approximate surface area is 120 Å². The molecule has 4 heteroatoms. The molecule has 19 heavy (non-hydrogen) atoms. The maximum Gasteiger partial charge on any atom is 0.337 e. The summed E-state index contributed by atoms with van der Waals surface area (Å²) in [6.45, 7) is 6.49. The van der Waals surface area contributed by atoms with Crippen molar-refractivity contribution < 1.29 is 9.90 Å². The van der Waals surface area contributed by atoms with Crippen molar-refractivity contribution in [1.29, 1.82) is 0 Å². The molecule has 0 amide bonds. The Hall–Kier alpha value is -1.22. The zero-order valence-electron chi connectivity index (χ0n) is 11.7. The summed E-state index contributed by atoms with van der Waals surface area (Å²) in [5, 5.41) is 12.8. The number of aromatic carboxylic acids is 1. The first-order chi connectivity index (χ1) is 8.90. The number of hydrogen-bond acceptors (Lipinski definition) is 2. The van der Waals surface area contributed by atoms with E-state index in [2.05, 4.69) is 26.1 Å². The summed E-state index contributed by atoms with van der Waals surface area (Å²) in [5.74, 6) is -0.253. The average molecular weight is 284 g/mol. The van der Waals surface area contributed by atoms with Crippen LogP contribution < -0.4 is 5.32 Å². The third-order valence-corrected chi connectivity index (χ3v) is 3.27. The van der Waals surface area contributed by atoms with Crippen LogP contribution >= 0.6 is 11.6 Å². The minimum absolute atomic E-state index is 0.225. The average Bonchev–Trinajstić information content (AvgIpc) is 2.30. The van der Waals surface area contributed by atoms with Gasteiger partial charge >= 0.3 is 5.97 Å². The number of hydrogen-bond donors (Lipinski definition) is 2. The summed E-state index contributed by atoms with van der Waals surface area (Å²) in [5.41, 5.74) is 0.858. The first-order valence-electron chi connectivity index (χ1n) is 6.69. The third-order valence-electron chi connectivity index (χ3n) is 3.03. The number of carboxylic acids is 1. The second kappa shape index (κ2) is 7.39. The van der Waals surface area contributed by atoms with Crippen LogP contribution in [0.3, 0.4) is 0 Å². The first kappa shape index (κ1) is 15.8. The number of anilines is 1. The molecular weight excluding hydrogens is 262 g/mol. The van der Waals surface area contributed by atoms with Gasteiger partial charge in [0.15, 0.2) is 0 Å². The Balaban J connectivity index is 2.63. The molecule has 0 bridgehead atoms. The predicted molar refractivity (Wildman–Crippen MR) is 80.2 cm³/mol. The van der Waals surface area contributed by atoms with Crippen molar-refractivity contribution in [2.45, 2.75) is 46.1 Å². The van der Waals surface area contributed by atoms with Gasteiger partial charge in [-0.3, -0.25) is 0 Å². The predicted octanol–water partition coefficient (Wildman–Crippen LogP) is 4.66. The van der Waals surface area contributed by atoms with Gasteiger partial charge in [0.05, 0.1) is 5.56 Å². The monoisotopic (exact) mass is 283 g/mol. The van der Waals surface area contributed by atoms with Gasteiger partial charge in [-0.25, -0.2) is 4.79 Å². The van der Waals surface area contributed by atoms with Gasteiger partial charge in [-0.15, -0.1) is 0 Å². The molecule has 0 aliphatic carbocycles. The highest BCUT2D eigenvalue weighted by Gasteiger charge is 2.12. The zero-order valence-corrected chi connectivity index (χ0v) is 12.5. The summed E-state index contributed by atoms with van der Waals surface area (Å²) < 4.78 is 0. The molecule has 0 fully saturated rings. The Bertz CT molecular complexity index is 432. The normalized spacial score (nSPS) is 12.5. The molecule has 0 saturated carbocycles. The number of carboxylic acid groups (broad SMARTS) is 1. The minimum atomic E-state index is -0.959. The fourth-order valence-electron chi connectivity index (χ4n) is 1.99. The van der Waals surface area contributed by atoms with Gasteiger partial charge in [0.1, 0.15) is 0 Å². The van der Waals surface area contributed by atoms with Crippen LogP contribution in [0.15, 0.2) is 18.2 Å². The molecule has 0 heterocycles. The van der Waals surface area contributed by atoms with E-state index in [9.17, 15) is 4.79 Å². The third kappa shape index (κ3) is 5.52. The van der Waals surface area contributed by atoms with Gasteiger partial charge in [-0.05, 0) is 37.5 Å². The molecule has 0 aliphatic heterocycles. The highest BCUT2D eigenvalue weighted by Crippen LogP contribution is 2.22. The molecule has 1 atom stereocenters. The van der Waals surface area contributed by atoms with Crippen LogP contribution in [0, 0.1) is 5.92 Å². The molecule has 0 aromatic heterocycles. The SMILES string of the molecule is CC(C)CCCC(C)Nc1ccc(Cl)cc1C(=O)O. The maximum atomic E-state index is 11.2. The van der Waals surface area contributed by atoms with E-state index in [1.807, 2.05) is 0 Å². The van der Waals surface area contributed by atoms with Crippen molar-refractivity contribution >= 4 is 23.3 Å². The van der Waals surface area contributed by atoms with E-state index in [4.69, 9.17) is 16.7 Å². The fraction of sp³-hybridized carbons (Fsp3) is 0.533. The van der Waals surface area contributed by atoms with Crippen molar-refractivity contribution in [1.82, 2.24) is 0 Å². The van der Waals surface area contributed by atoms with E-state index in [0.717, 1.165) is 12.8 Å². The van der Waals surface area contributed by atoms with Gasteiger partial charge in [0.2, 0.25) is 0 Å². The van der Waals surface area contributed by atoms with Crippen molar-refractivity contribution in [2.75, 3.05) is 5.32 Å². The molecule has 0 aliphatic rings. The molecule has 1 aromatic rings. The van der Waals surface area contributed by atoms with Crippen LogP contribution in [0.4, 0.5) is 5.69 Å². The van der Waals surface area contributed by atoms with Crippen LogP contribution in [0.2, 0.25) is 5.02 Å². The van der Waals surface area contributed by atoms with E-state index in [1.54, 1.807) is 12.1 Å². The standard InChI is InChI=1S/C15H22ClNO2/c1-10(2)5-4-6-11(3)17-14-8-7-12(16)9-13(14)15(18)19/h7-11,17H,4-6H2,1-3H3,(H,18,19). The Kier molecular flexibility index (Phi) is 6.16. The van der Waals surface area contributed by atoms with Gasteiger partial charge in [0, 0.05) is 16.8 Å². The molecule has 106 valence electrons. The first-order valence-corrected chi connectivity index (χ1v) is 7.07. The lowest BCUT2D eigenvalue weighted by atomic mass is 10.0. The van der Waals surface area contributed by atoms with Crippen molar-refractivity contribution in [3.63, 3.8) is 0 Å². The zero-order chi connectivity index (χ0) is 14.4. The number of nitrogens with one attached hydrogen (secondary N) is 1. The summed E-state index contributed by atoms with van der Waals surface area (Å²) in [4.78, 5) is 11.2. The molecule has 1 aromatic carbocycles. The van der Waals surface area contributed by atoms with Crippen LogP contribution in [-0.2, 0) is 0 Å². The lowest BCUT2D eigenvalue weighted by Gasteiger charge is -2.17. The van der Waals surface area contributed by atoms with Crippen LogP contribution in [-0.4, -0.2) is 17.1 Å². The number of halogens is 1. The number of carbonyl (C=O) groups is 1. The molecule has 0 radical (unpaired) electrons. The van der Waals surface area contributed by atoms with Gasteiger partial charge in [-0.2, -0.15) is 0 Å². The molecule has 1 rings (SSSR count). The quantitative estimate of drug-likeness (QED) is 0.765. The van der Waals surface area contributed by atoms with E-state index in [-0.39, 0.29) is 11.6 Å².